The highest BCUT2D eigenvalue weighted by molar-refractivity contribution is 5.80. The van der Waals surface area contributed by atoms with Gasteiger partial charge in [0.2, 0.25) is 0 Å². The smallest absolute Gasteiger partial charge is 0.0684 e. The van der Waals surface area contributed by atoms with Crippen molar-refractivity contribution in [3.8, 4) is 11.1 Å². The zero-order valence-electron chi connectivity index (χ0n) is 12.7. The first-order valence-electron chi connectivity index (χ1n) is 7.85. The molecule has 0 fully saturated rings. The first-order chi connectivity index (χ1) is 11.3. The molecular weight excluding hydrogens is 284 g/mol. The minimum absolute atomic E-state index is 0.00881. The number of aliphatic hydroxyl groups excluding tert-OH is 2. The molecule has 0 saturated heterocycles. The van der Waals surface area contributed by atoms with Crippen molar-refractivity contribution in [2.75, 3.05) is 0 Å². The number of hydrogen-bond acceptors (Lipinski definition) is 2. The summed E-state index contributed by atoms with van der Waals surface area (Å²) in [4.78, 5) is 0. The van der Waals surface area contributed by atoms with Crippen molar-refractivity contribution in [1.82, 2.24) is 0 Å². The molecule has 0 bridgehead atoms. The van der Waals surface area contributed by atoms with E-state index >= 15 is 0 Å². The maximum absolute atomic E-state index is 9.81. The predicted octanol–water partition coefficient (Wildman–Crippen LogP) is 3.83. The molecule has 2 nitrogen and oxygen atoms in total. The third kappa shape index (κ3) is 2.19. The van der Waals surface area contributed by atoms with E-state index in [1.165, 1.54) is 22.3 Å². The van der Waals surface area contributed by atoms with Crippen LogP contribution in [-0.2, 0) is 13.2 Å². The molecule has 0 spiro atoms. The predicted molar refractivity (Wildman–Crippen MR) is 91.1 cm³/mol. The first kappa shape index (κ1) is 14.2. The maximum Gasteiger partial charge on any atom is 0.0684 e. The van der Waals surface area contributed by atoms with Crippen LogP contribution in [0.5, 0.6) is 0 Å². The normalized spacial score (nSPS) is 13.0. The van der Waals surface area contributed by atoms with Crippen LogP contribution in [0.1, 0.15) is 33.7 Å². The van der Waals surface area contributed by atoms with Crippen molar-refractivity contribution in [2.45, 2.75) is 19.1 Å². The van der Waals surface area contributed by atoms with E-state index < -0.39 is 0 Å². The molecule has 2 N–H and O–H groups in total. The highest BCUT2D eigenvalue weighted by Gasteiger charge is 2.30. The van der Waals surface area contributed by atoms with E-state index in [1.54, 1.807) is 0 Å². The summed E-state index contributed by atoms with van der Waals surface area (Å²) >= 11 is 0. The van der Waals surface area contributed by atoms with E-state index in [-0.39, 0.29) is 19.1 Å². The zero-order chi connectivity index (χ0) is 15.8. The van der Waals surface area contributed by atoms with Gasteiger partial charge in [-0.05, 0) is 38.9 Å². The van der Waals surface area contributed by atoms with E-state index in [4.69, 9.17) is 0 Å². The summed E-state index contributed by atoms with van der Waals surface area (Å²) in [5, 5.41) is 19.2. The summed E-state index contributed by atoms with van der Waals surface area (Å²) in [6.45, 7) is -0.0326. The molecule has 3 aromatic carbocycles. The second-order valence-electron chi connectivity index (χ2n) is 5.96. The monoisotopic (exact) mass is 302 g/mol. The van der Waals surface area contributed by atoms with Gasteiger partial charge in [-0.1, -0.05) is 66.7 Å². The molecule has 2 heteroatoms. The van der Waals surface area contributed by atoms with Crippen LogP contribution in [0.15, 0.2) is 66.7 Å². The minimum atomic E-state index is -0.0238. The maximum atomic E-state index is 9.81. The van der Waals surface area contributed by atoms with Gasteiger partial charge in [-0.25, -0.2) is 0 Å². The van der Waals surface area contributed by atoms with Gasteiger partial charge in [0.05, 0.1) is 13.2 Å². The lowest BCUT2D eigenvalue weighted by Crippen LogP contribution is -2.04. The summed E-state index contributed by atoms with van der Waals surface area (Å²) in [5.74, 6) is 0.136. The number of hydrogen-bond donors (Lipinski definition) is 2. The molecule has 0 aliphatic heterocycles. The van der Waals surface area contributed by atoms with E-state index in [0.717, 1.165) is 16.7 Å². The standard InChI is InChI=1S/C21H18O2/c22-12-14-9-10-16(15(11-14)13-23)21-19-7-3-1-5-17(19)18-6-2-4-8-20(18)21/h1-11,21-23H,12-13H2. The largest absolute Gasteiger partial charge is 0.392 e. The van der Waals surface area contributed by atoms with Gasteiger partial charge in [0, 0.05) is 5.92 Å². The highest BCUT2D eigenvalue weighted by Crippen LogP contribution is 2.48. The summed E-state index contributed by atoms with van der Waals surface area (Å²) in [5.41, 5.74) is 7.92. The molecule has 0 saturated carbocycles. The van der Waals surface area contributed by atoms with E-state index in [9.17, 15) is 10.2 Å². The Labute approximate surface area is 135 Å². The molecule has 0 amide bonds. The van der Waals surface area contributed by atoms with Gasteiger partial charge < -0.3 is 10.2 Å². The zero-order valence-corrected chi connectivity index (χ0v) is 12.7. The summed E-state index contributed by atoms with van der Waals surface area (Å²) in [6, 6.07) is 22.8. The molecule has 114 valence electrons. The Hall–Kier alpha value is -2.42. The van der Waals surface area contributed by atoms with Crippen LogP contribution in [-0.4, -0.2) is 10.2 Å². The van der Waals surface area contributed by atoms with Gasteiger partial charge in [0.15, 0.2) is 0 Å². The number of rotatable bonds is 3. The van der Waals surface area contributed by atoms with Gasteiger partial charge in [0.1, 0.15) is 0 Å². The topological polar surface area (TPSA) is 40.5 Å². The molecule has 0 radical (unpaired) electrons. The Morgan fingerprint density at radius 3 is 1.83 bits per heavy atom. The fourth-order valence-electron chi connectivity index (χ4n) is 3.67. The van der Waals surface area contributed by atoms with Crippen LogP contribution in [0, 0.1) is 0 Å². The lowest BCUT2D eigenvalue weighted by atomic mass is 9.86. The number of fused-ring (bicyclic) bond motifs is 3. The van der Waals surface area contributed by atoms with E-state index in [1.807, 2.05) is 18.2 Å². The minimum Gasteiger partial charge on any atom is -0.392 e. The summed E-state index contributed by atoms with van der Waals surface area (Å²) in [6.07, 6.45) is 0. The van der Waals surface area contributed by atoms with Crippen LogP contribution in [0.3, 0.4) is 0 Å². The summed E-state index contributed by atoms with van der Waals surface area (Å²) < 4.78 is 0. The molecule has 4 rings (SSSR count). The Balaban J connectivity index is 1.96. The van der Waals surface area contributed by atoms with Crippen LogP contribution < -0.4 is 0 Å². The number of aliphatic hydroxyl groups is 2. The number of benzene rings is 3. The Morgan fingerprint density at radius 2 is 1.26 bits per heavy atom. The van der Waals surface area contributed by atoms with Gasteiger partial charge in [-0.15, -0.1) is 0 Å². The van der Waals surface area contributed by atoms with Gasteiger partial charge in [-0.3, -0.25) is 0 Å². The third-order valence-corrected chi connectivity index (χ3v) is 4.71. The highest BCUT2D eigenvalue weighted by atomic mass is 16.3. The SMILES string of the molecule is OCc1ccc(C2c3ccccc3-c3ccccc32)c(CO)c1. The lowest BCUT2D eigenvalue weighted by molar-refractivity contribution is 0.274. The second kappa shape index (κ2) is 5.65. The van der Waals surface area contributed by atoms with Crippen molar-refractivity contribution in [2.24, 2.45) is 0 Å². The average molecular weight is 302 g/mol. The van der Waals surface area contributed by atoms with Crippen LogP contribution in [0.4, 0.5) is 0 Å². The average Bonchev–Trinajstić information content (AvgIpc) is 2.95. The second-order valence-corrected chi connectivity index (χ2v) is 5.96. The molecule has 0 atom stereocenters. The molecule has 0 heterocycles. The molecule has 23 heavy (non-hydrogen) atoms. The fourth-order valence-corrected chi connectivity index (χ4v) is 3.67. The molecule has 3 aromatic rings. The van der Waals surface area contributed by atoms with Gasteiger partial charge in [-0.2, -0.15) is 0 Å². The summed E-state index contributed by atoms with van der Waals surface area (Å²) in [7, 11) is 0. The van der Waals surface area contributed by atoms with Crippen LogP contribution in [0.2, 0.25) is 0 Å². The molecule has 1 aliphatic carbocycles. The van der Waals surface area contributed by atoms with Crippen molar-refractivity contribution in [3.05, 3.63) is 94.5 Å². The Morgan fingerprint density at radius 1 is 0.652 bits per heavy atom. The third-order valence-electron chi connectivity index (χ3n) is 4.71. The lowest BCUT2D eigenvalue weighted by Gasteiger charge is -2.18. The first-order valence-corrected chi connectivity index (χ1v) is 7.85. The van der Waals surface area contributed by atoms with Crippen molar-refractivity contribution < 1.29 is 10.2 Å². The van der Waals surface area contributed by atoms with E-state index in [0.29, 0.717) is 0 Å². The molecule has 1 aliphatic rings. The van der Waals surface area contributed by atoms with Crippen LogP contribution in [0.25, 0.3) is 11.1 Å². The van der Waals surface area contributed by atoms with Crippen LogP contribution >= 0.6 is 0 Å². The van der Waals surface area contributed by atoms with Crippen molar-refractivity contribution in [3.63, 3.8) is 0 Å². The van der Waals surface area contributed by atoms with Crippen molar-refractivity contribution in [1.29, 1.82) is 0 Å². The molecule has 0 unspecified atom stereocenters. The molecule has 0 aromatic heterocycles. The fraction of sp³-hybridized carbons (Fsp3) is 0.143. The van der Waals surface area contributed by atoms with Crippen molar-refractivity contribution >= 4 is 0 Å². The quantitative estimate of drug-likeness (QED) is 0.604. The Bertz CT molecular complexity index is 822. The molecular formula is C21H18O2. The van der Waals surface area contributed by atoms with Gasteiger partial charge in [0.25, 0.3) is 0 Å². The Kier molecular flexibility index (Phi) is 3.49. The van der Waals surface area contributed by atoms with E-state index in [2.05, 4.69) is 48.5 Å². The van der Waals surface area contributed by atoms with Gasteiger partial charge >= 0.3 is 0 Å².